The van der Waals surface area contributed by atoms with E-state index in [0.717, 1.165) is 32.1 Å². The summed E-state index contributed by atoms with van der Waals surface area (Å²) in [5, 5.41) is 0. The summed E-state index contributed by atoms with van der Waals surface area (Å²) < 4.78 is 5.18. The first-order valence-corrected chi connectivity index (χ1v) is 11.9. The molecule has 0 N–H and O–H groups in total. The first kappa shape index (κ1) is 27.6. The Morgan fingerprint density at radius 3 is 1.97 bits per heavy atom. The molecule has 0 saturated heterocycles. The molecule has 1 atom stereocenters. The molecule has 0 aromatic carbocycles. The summed E-state index contributed by atoms with van der Waals surface area (Å²) in [6.45, 7) is 10.7. The van der Waals surface area contributed by atoms with Crippen LogP contribution in [0.1, 0.15) is 118 Å². The summed E-state index contributed by atoms with van der Waals surface area (Å²) in [7, 11) is 0. The second-order valence-electron chi connectivity index (χ2n) is 8.72. The summed E-state index contributed by atoms with van der Waals surface area (Å²) in [6.07, 6.45) is 19.5. The molecular formula is C26H46O3. The Morgan fingerprint density at radius 2 is 1.38 bits per heavy atom. The maximum absolute atomic E-state index is 12.1. The molecule has 0 heterocycles. The van der Waals surface area contributed by atoms with E-state index in [9.17, 15) is 9.59 Å². The first-order valence-electron chi connectivity index (χ1n) is 11.9. The van der Waals surface area contributed by atoms with Gasteiger partial charge in [-0.25, -0.2) is 4.79 Å². The molecule has 0 rings (SSSR count). The van der Waals surface area contributed by atoms with Crippen LogP contribution in [-0.4, -0.2) is 18.4 Å². The van der Waals surface area contributed by atoms with Crippen molar-refractivity contribution in [2.75, 3.05) is 6.61 Å². The van der Waals surface area contributed by atoms with Crippen LogP contribution < -0.4 is 0 Å². The summed E-state index contributed by atoms with van der Waals surface area (Å²) >= 11 is 0. The average molecular weight is 407 g/mol. The molecule has 1 unspecified atom stereocenters. The molecule has 0 aromatic heterocycles. The highest BCUT2D eigenvalue weighted by atomic mass is 16.5. The van der Waals surface area contributed by atoms with Crippen LogP contribution in [0.25, 0.3) is 0 Å². The fourth-order valence-electron chi connectivity index (χ4n) is 3.25. The monoisotopic (exact) mass is 406 g/mol. The standard InChI is InChI=1S/C26H46O3/c1-6-7-8-9-10-11-12-13-14-15-19-24(5)25(27)26(28)29-21-20-23(4)18-16-17-22(2)3/h17,19,23H,6-16,18,20-21H2,1-5H3. The van der Waals surface area contributed by atoms with Crippen molar-refractivity contribution in [3.05, 3.63) is 23.3 Å². The Labute approximate surface area is 180 Å². The number of ether oxygens (including phenoxy) is 1. The lowest BCUT2D eigenvalue weighted by Crippen LogP contribution is -2.19. The average Bonchev–Trinajstić information content (AvgIpc) is 2.68. The number of carbonyl (C=O) groups excluding carboxylic acids is 2. The van der Waals surface area contributed by atoms with Gasteiger partial charge in [-0.3, -0.25) is 4.79 Å². The third-order valence-electron chi connectivity index (χ3n) is 5.36. The Kier molecular flexibility index (Phi) is 17.7. The number of rotatable bonds is 18. The SMILES string of the molecule is CCCCCCCCCCCC=C(C)C(=O)C(=O)OCCC(C)CCC=C(C)C. The van der Waals surface area contributed by atoms with E-state index in [1.54, 1.807) is 6.92 Å². The quantitative estimate of drug-likeness (QED) is 0.0768. The normalized spacial score (nSPS) is 12.5. The lowest BCUT2D eigenvalue weighted by molar-refractivity contribution is -0.152. The van der Waals surface area contributed by atoms with Gasteiger partial charge in [0.25, 0.3) is 5.78 Å². The number of allylic oxidation sites excluding steroid dienone is 3. The fraction of sp³-hybridized carbons (Fsp3) is 0.769. The fourth-order valence-corrected chi connectivity index (χ4v) is 3.25. The highest BCUT2D eigenvalue weighted by Crippen LogP contribution is 2.13. The van der Waals surface area contributed by atoms with E-state index in [-0.39, 0.29) is 0 Å². The Hall–Kier alpha value is -1.38. The zero-order valence-electron chi connectivity index (χ0n) is 19.9. The molecule has 0 aromatic rings. The van der Waals surface area contributed by atoms with E-state index in [1.807, 2.05) is 6.08 Å². The number of hydrogen-bond acceptors (Lipinski definition) is 3. The van der Waals surface area contributed by atoms with E-state index in [4.69, 9.17) is 4.74 Å². The predicted molar refractivity (Wildman–Crippen MR) is 124 cm³/mol. The van der Waals surface area contributed by atoms with Crippen LogP contribution in [0.2, 0.25) is 0 Å². The molecule has 168 valence electrons. The predicted octanol–water partition coefficient (Wildman–Crippen LogP) is 7.74. The van der Waals surface area contributed by atoms with E-state index in [1.165, 1.54) is 56.9 Å². The lowest BCUT2D eigenvalue weighted by atomic mass is 10.0. The maximum Gasteiger partial charge on any atom is 0.379 e. The van der Waals surface area contributed by atoms with Gasteiger partial charge in [-0.15, -0.1) is 0 Å². The van der Waals surface area contributed by atoms with Gasteiger partial charge in [0.1, 0.15) is 0 Å². The van der Waals surface area contributed by atoms with Crippen molar-refractivity contribution in [1.82, 2.24) is 0 Å². The molecule has 0 radical (unpaired) electrons. The van der Waals surface area contributed by atoms with E-state index in [0.29, 0.717) is 18.1 Å². The molecule has 0 aliphatic heterocycles. The van der Waals surface area contributed by atoms with Crippen molar-refractivity contribution in [2.45, 2.75) is 118 Å². The van der Waals surface area contributed by atoms with Crippen molar-refractivity contribution in [3.8, 4) is 0 Å². The molecule has 0 fully saturated rings. The number of ketones is 1. The van der Waals surface area contributed by atoms with Crippen molar-refractivity contribution < 1.29 is 14.3 Å². The topological polar surface area (TPSA) is 43.4 Å². The first-order chi connectivity index (χ1) is 13.9. The van der Waals surface area contributed by atoms with Crippen LogP contribution in [0.3, 0.4) is 0 Å². The van der Waals surface area contributed by atoms with Crippen LogP contribution in [0.15, 0.2) is 23.3 Å². The Morgan fingerprint density at radius 1 is 0.793 bits per heavy atom. The second-order valence-corrected chi connectivity index (χ2v) is 8.72. The third-order valence-corrected chi connectivity index (χ3v) is 5.36. The van der Waals surface area contributed by atoms with Crippen LogP contribution in [0, 0.1) is 5.92 Å². The van der Waals surface area contributed by atoms with Gasteiger partial charge in [0, 0.05) is 5.57 Å². The van der Waals surface area contributed by atoms with Crippen LogP contribution >= 0.6 is 0 Å². The zero-order chi connectivity index (χ0) is 21.9. The molecular weight excluding hydrogens is 360 g/mol. The Balaban J connectivity index is 3.83. The number of hydrogen-bond donors (Lipinski definition) is 0. The molecule has 0 aliphatic rings. The smallest absolute Gasteiger partial charge is 0.379 e. The van der Waals surface area contributed by atoms with Gasteiger partial charge in [-0.2, -0.15) is 0 Å². The zero-order valence-corrected chi connectivity index (χ0v) is 19.9. The van der Waals surface area contributed by atoms with Crippen molar-refractivity contribution in [3.63, 3.8) is 0 Å². The molecule has 29 heavy (non-hydrogen) atoms. The van der Waals surface area contributed by atoms with Gasteiger partial charge in [-0.05, 0) is 58.8 Å². The molecule has 3 nitrogen and oxygen atoms in total. The van der Waals surface area contributed by atoms with Gasteiger partial charge in [0.05, 0.1) is 6.61 Å². The molecule has 3 heteroatoms. The molecule has 0 saturated carbocycles. The van der Waals surface area contributed by atoms with Crippen LogP contribution in [0.4, 0.5) is 0 Å². The summed E-state index contributed by atoms with van der Waals surface area (Å²) in [5.74, 6) is -0.711. The molecule has 0 bridgehead atoms. The number of Topliss-reactive ketones (excluding diaryl/α,β-unsaturated/α-hetero) is 1. The van der Waals surface area contributed by atoms with Gasteiger partial charge >= 0.3 is 5.97 Å². The van der Waals surface area contributed by atoms with Gasteiger partial charge in [0.15, 0.2) is 0 Å². The minimum absolute atomic E-state index is 0.325. The minimum atomic E-state index is -0.706. The van der Waals surface area contributed by atoms with E-state index < -0.39 is 11.8 Å². The third kappa shape index (κ3) is 17.2. The number of esters is 1. The molecule has 0 aliphatic carbocycles. The Bertz CT molecular complexity index is 498. The summed E-state index contributed by atoms with van der Waals surface area (Å²) in [4.78, 5) is 24.0. The molecule has 0 amide bonds. The summed E-state index contributed by atoms with van der Waals surface area (Å²) in [5.41, 5.74) is 1.85. The van der Waals surface area contributed by atoms with Crippen molar-refractivity contribution in [1.29, 1.82) is 0 Å². The van der Waals surface area contributed by atoms with Crippen LogP contribution in [-0.2, 0) is 14.3 Å². The van der Waals surface area contributed by atoms with Crippen molar-refractivity contribution in [2.24, 2.45) is 5.92 Å². The highest BCUT2D eigenvalue weighted by molar-refractivity contribution is 6.40. The highest BCUT2D eigenvalue weighted by Gasteiger charge is 2.17. The van der Waals surface area contributed by atoms with Gasteiger partial charge in [0.2, 0.25) is 0 Å². The van der Waals surface area contributed by atoms with Crippen molar-refractivity contribution >= 4 is 11.8 Å². The maximum atomic E-state index is 12.1. The number of unbranched alkanes of at least 4 members (excludes halogenated alkanes) is 9. The van der Waals surface area contributed by atoms with E-state index >= 15 is 0 Å². The van der Waals surface area contributed by atoms with E-state index in [2.05, 4.69) is 33.8 Å². The minimum Gasteiger partial charge on any atom is -0.460 e. The second kappa shape index (κ2) is 18.6. The largest absolute Gasteiger partial charge is 0.460 e. The van der Waals surface area contributed by atoms with Gasteiger partial charge < -0.3 is 4.74 Å². The van der Waals surface area contributed by atoms with Crippen LogP contribution in [0.5, 0.6) is 0 Å². The number of carbonyl (C=O) groups is 2. The lowest BCUT2D eigenvalue weighted by Gasteiger charge is -2.10. The summed E-state index contributed by atoms with van der Waals surface area (Å²) in [6, 6.07) is 0. The molecule has 0 spiro atoms. The van der Waals surface area contributed by atoms with Gasteiger partial charge in [-0.1, -0.05) is 82.9 Å².